The Kier molecular flexibility index (Phi) is 4.57. The smallest absolute Gasteiger partial charge is 0.0678 e. The number of fused-ring (bicyclic) bond motifs is 7. The number of hydrogen-bond acceptors (Lipinski definition) is 0. The molecule has 190 valence electrons. The highest BCUT2D eigenvalue weighted by Crippen LogP contribution is 2.49. The van der Waals surface area contributed by atoms with Crippen LogP contribution in [-0.2, 0) is 11.0 Å². The van der Waals surface area contributed by atoms with Gasteiger partial charge in [0, 0.05) is 32.7 Å². The molecule has 0 saturated carbocycles. The van der Waals surface area contributed by atoms with Crippen molar-refractivity contribution in [2.45, 2.75) is 44.6 Å². The zero-order chi connectivity index (χ0) is 26.4. The van der Waals surface area contributed by atoms with Crippen LogP contribution in [-0.4, -0.2) is 9.13 Å². The summed E-state index contributed by atoms with van der Waals surface area (Å²) in [6.07, 6.45) is 2.27. The molecule has 2 aromatic heterocycles. The quantitative estimate of drug-likeness (QED) is 0.222. The second kappa shape index (κ2) is 7.86. The first-order valence-electron chi connectivity index (χ1n) is 14.1. The van der Waals surface area contributed by atoms with E-state index in [0.717, 1.165) is 12.8 Å². The van der Waals surface area contributed by atoms with Crippen LogP contribution in [0.5, 0.6) is 0 Å². The van der Waals surface area contributed by atoms with Gasteiger partial charge >= 0.3 is 0 Å². The topological polar surface area (TPSA) is 9.86 Å². The molecule has 39 heavy (non-hydrogen) atoms. The Balaban J connectivity index is 1.44. The first kappa shape index (κ1) is 22.7. The number of aromatic nitrogens is 2. The molecule has 0 fully saturated rings. The lowest BCUT2D eigenvalue weighted by atomic mass is 9.66. The van der Waals surface area contributed by atoms with Gasteiger partial charge in [-0.15, -0.1) is 0 Å². The molecule has 2 heterocycles. The molecule has 1 aliphatic rings. The van der Waals surface area contributed by atoms with Gasteiger partial charge in [0.2, 0.25) is 0 Å². The predicted molar refractivity (Wildman–Crippen MR) is 165 cm³/mol. The third kappa shape index (κ3) is 3.03. The van der Waals surface area contributed by atoms with E-state index in [4.69, 9.17) is 0 Å². The molecule has 0 aliphatic heterocycles. The molecule has 0 bridgehead atoms. The molecule has 8 rings (SSSR count). The molecule has 5 aromatic carbocycles. The Hall–Kier alpha value is -4.30. The summed E-state index contributed by atoms with van der Waals surface area (Å²) in [6.45, 7) is 7.25. The van der Waals surface area contributed by atoms with E-state index in [-0.39, 0.29) is 11.0 Å². The van der Waals surface area contributed by atoms with Gasteiger partial charge in [-0.05, 0) is 72.7 Å². The van der Waals surface area contributed by atoms with Crippen LogP contribution in [0.3, 0.4) is 0 Å². The molecule has 1 atom stereocenters. The maximum Gasteiger partial charge on any atom is 0.0678 e. The fraction of sp³-hybridized carbons (Fsp3) is 0.189. The monoisotopic (exact) mass is 504 g/mol. The molecule has 0 saturated heterocycles. The minimum Gasteiger partial charge on any atom is -0.330 e. The Morgan fingerprint density at radius 3 is 1.67 bits per heavy atom. The van der Waals surface area contributed by atoms with Crippen LogP contribution < -0.4 is 0 Å². The van der Waals surface area contributed by atoms with Crippen molar-refractivity contribution in [1.29, 1.82) is 0 Å². The average Bonchev–Trinajstić information content (AvgIpc) is 3.49. The molecule has 2 heteroatoms. The van der Waals surface area contributed by atoms with Crippen molar-refractivity contribution in [3.8, 4) is 5.69 Å². The number of hydrogen-bond donors (Lipinski definition) is 0. The molecule has 0 N–H and O–H groups in total. The lowest BCUT2D eigenvalue weighted by molar-refractivity contribution is 0.285. The Morgan fingerprint density at radius 1 is 0.487 bits per heavy atom. The molecule has 2 nitrogen and oxygen atoms in total. The van der Waals surface area contributed by atoms with Gasteiger partial charge in [0.1, 0.15) is 0 Å². The summed E-state index contributed by atoms with van der Waals surface area (Å²) in [6, 6.07) is 42.7. The van der Waals surface area contributed by atoms with Gasteiger partial charge in [-0.2, -0.15) is 0 Å². The van der Waals surface area contributed by atoms with Crippen molar-refractivity contribution in [3.63, 3.8) is 0 Å². The van der Waals surface area contributed by atoms with Crippen LogP contribution >= 0.6 is 0 Å². The molecule has 0 radical (unpaired) electrons. The van der Waals surface area contributed by atoms with Crippen LogP contribution in [0.15, 0.2) is 115 Å². The summed E-state index contributed by atoms with van der Waals surface area (Å²) < 4.78 is 5.07. The van der Waals surface area contributed by atoms with Crippen molar-refractivity contribution in [2.24, 2.45) is 0 Å². The van der Waals surface area contributed by atoms with Crippen molar-refractivity contribution in [2.75, 3.05) is 0 Å². The summed E-state index contributed by atoms with van der Waals surface area (Å²) in [5.41, 5.74) is 9.30. The fourth-order valence-electron chi connectivity index (χ4n) is 7.43. The highest BCUT2D eigenvalue weighted by Gasteiger charge is 2.42. The zero-order valence-electron chi connectivity index (χ0n) is 22.8. The Labute approximate surface area is 229 Å². The highest BCUT2D eigenvalue weighted by molar-refractivity contribution is 6.11. The molecule has 1 aliphatic carbocycles. The molecular weight excluding hydrogens is 472 g/mol. The summed E-state index contributed by atoms with van der Waals surface area (Å²) in [7, 11) is 0. The molecule has 1 unspecified atom stereocenters. The van der Waals surface area contributed by atoms with Crippen molar-refractivity contribution < 1.29 is 0 Å². The molecule has 7 aromatic rings. The maximum absolute atomic E-state index is 2.64. The van der Waals surface area contributed by atoms with E-state index in [1.165, 1.54) is 60.4 Å². The van der Waals surface area contributed by atoms with E-state index in [0.29, 0.717) is 0 Å². The number of para-hydroxylation sites is 3. The number of benzene rings is 5. The van der Waals surface area contributed by atoms with E-state index in [9.17, 15) is 0 Å². The van der Waals surface area contributed by atoms with E-state index in [1.807, 2.05) is 0 Å². The predicted octanol–water partition coefficient (Wildman–Crippen LogP) is 9.73. The minimum atomic E-state index is -0.123. The fourth-order valence-corrected chi connectivity index (χ4v) is 7.43. The summed E-state index contributed by atoms with van der Waals surface area (Å²) in [5.74, 6) is 0. The van der Waals surface area contributed by atoms with E-state index >= 15 is 0 Å². The van der Waals surface area contributed by atoms with Crippen molar-refractivity contribution >= 4 is 43.6 Å². The van der Waals surface area contributed by atoms with Crippen molar-refractivity contribution in [1.82, 2.24) is 9.13 Å². The zero-order valence-corrected chi connectivity index (χ0v) is 22.8. The van der Waals surface area contributed by atoms with Gasteiger partial charge in [-0.25, -0.2) is 0 Å². The maximum atomic E-state index is 2.64. The van der Waals surface area contributed by atoms with E-state index in [1.54, 1.807) is 0 Å². The van der Waals surface area contributed by atoms with Crippen LogP contribution in [0, 0.1) is 0 Å². The first-order valence-corrected chi connectivity index (χ1v) is 14.1. The third-order valence-electron chi connectivity index (χ3n) is 9.46. The van der Waals surface area contributed by atoms with Gasteiger partial charge in [0.15, 0.2) is 0 Å². The second-order valence-corrected chi connectivity index (χ2v) is 12.1. The summed E-state index contributed by atoms with van der Waals surface area (Å²) >= 11 is 0. The second-order valence-electron chi connectivity index (χ2n) is 12.1. The standard InChI is InChI=1S/C37H32N2/c1-36(2)22-23-37(3,31-16-8-7-15-30(31)36)39-34-19-11-6-14-28(34)29-24-25(20-21-35(29)39)38-32-17-9-4-12-26(32)27-13-5-10-18-33(27)38/h4-21,24H,22-23H2,1-3H3. The lowest BCUT2D eigenvalue weighted by Crippen LogP contribution is -2.40. The third-order valence-corrected chi connectivity index (χ3v) is 9.46. The van der Waals surface area contributed by atoms with Gasteiger partial charge in [0.05, 0.1) is 22.1 Å². The Bertz CT molecular complexity index is 2020. The summed E-state index contributed by atoms with van der Waals surface area (Å²) in [5, 5.41) is 5.22. The highest BCUT2D eigenvalue weighted by atomic mass is 15.1. The lowest BCUT2D eigenvalue weighted by Gasteiger charge is -2.45. The van der Waals surface area contributed by atoms with Gasteiger partial charge in [-0.1, -0.05) is 92.7 Å². The Morgan fingerprint density at radius 2 is 1.00 bits per heavy atom. The first-order chi connectivity index (χ1) is 19.0. The molecule has 0 spiro atoms. The number of rotatable bonds is 2. The van der Waals surface area contributed by atoms with E-state index in [2.05, 4.69) is 145 Å². The van der Waals surface area contributed by atoms with Crippen LogP contribution in [0.2, 0.25) is 0 Å². The summed E-state index contributed by atoms with van der Waals surface area (Å²) in [4.78, 5) is 0. The normalized spacial score (nSPS) is 18.7. The minimum absolute atomic E-state index is 0.123. The SMILES string of the molecule is CC1(C)CCC(C)(n2c3ccccc3c3cc(-n4c5ccccc5c5ccccc54)ccc32)c2ccccc21. The average molecular weight is 505 g/mol. The van der Waals surface area contributed by atoms with Crippen molar-refractivity contribution in [3.05, 3.63) is 126 Å². The largest absolute Gasteiger partial charge is 0.330 e. The van der Waals surface area contributed by atoms with E-state index < -0.39 is 0 Å². The van der Waals surface area contributed by atoms with Gasteiger partial charge < -0.3 is 9.13 Å². The van der Waals surface area contributed by atoms with Gasteiger partial charge in [-0.3, -0.25) is 0 Å². The van der Waals surface area contributed by atoms with Crippen LogP contribution in [0.25, 0.3) is 49.3 Å². The van der Waals surface area contributed by atoms with Gasteiger partial charge in [0.25, 0.3) is 0 Å². The van der Waals surface area contributed by atoms with Crippen LogP contribution in [0.1, 0.15) is 44.7 Å². The van der Waals surface area contributed by atoms with Crippen LogP contribution in [0.4, 0.5) is 0 Å². The molecular formula is C37H32N2. The number of nitrogens with zero attached hydrogens (tertiary/aromatic N) is 2. The molecule has 0 amide bonds.